The van der Waals surface area contributed by atoms with Crippen molar-refractivity contribution < 1.29 is 24.2 Å². The van der Waals surface area contributed by atoms with Gasteiger partial charge in [0.1, 0.15) is 0 Å². The summed E-state index contributed by atoms with van der Waals surface area (Å²) in [5.74, 6) is -0.592. The fourth-order valence-electron chi connectivity index (χ4n) is 8.07. The Bertz CT molecular complexity index is 1410. The zero-order chi connectivity index (χ0) is 32.4. The van der Waals surface area contributed by atoms with Crippen LogP contribution < -0.4 is 11.1 Å². The Balaban J connectivity index is 1.26. The lowest BCUT2D eigenvalue weighted by Gasteiger charge is -2.46. The molecule has 6 rings (SSSR count). The summed E-state index contributed by atoms with van der Waals surface area (Å²) in [5.41, 5.74) is 11.8. The molecule has 4 N–H and O–H groups in total. The van der Waals surface area contributed by atoms with Crippen molar-refractivity contribution >= 4 is 29.4 Å². The van der Waals surface area contributed by atoms with E-state index in [0.717, 1.165) is 72.8 Å². The molecule has 4 amide bonds. The number of nitrogen functional groups attached to an aromatic ring is 1. The van der Waals surface area contributed by atoms with Crippen molar-refractivity contribution in [3.8, 4) is 0 Å². The Hall–Kier alpha value is -3.83. The predicted molar refractivity (Wildman–Crippen MR) is 177 cm³/mol. The summed E-state index contributed by atoms with van der Waals surface area (Å²) >= 11 is 0. The van der Waals surface area contributed by atoms with Crippen LogP contribution in [0.3, 0.4) is 0 Å². The molecule has 0 aliphatic carbocycles. The number of hydrogen-bond acceptors (Lipinski definition) is 6. The van der Waals surface area contributed by atoms with Gasteiger partial charge in [0.15, 0.2) is 0 Å². The van der Waals surface area contributed by atoms with Crippen LogP contribution >= 0.6 is 0 Å². The van der Waals surface area contributed by atoms with Gasteiger partial charge in [-0.15, -0.1) is 0 Å². The van der Waals surface area contributed by atoms with Crippen LogP contribution in [-0.4, -0.2) is 113 Å². The second-order valence-electron chi connectivity index (χ2n) is 13.4. The molecule has 3 saturated heterocycles. The lowest BCUT2D eigenvalue weighted by atomic mass is 9.81. The van der Waals surface area contributed by atoms with Gasteiger partial charge in [0.05, 0.1) is 19.1 Å². The van der Waals surface area contributed by atoms with E-state index in [1.807, 2.05) is 60.0 Å². The molecule has 0 aromatic heterocycles. The zero-order valence-corrected chi connectivity index (χ0v) is 27.1. The van der Waals surface area contributed by atoms with E-state index in [-0.39, 0.29) is 24.5 Å². The van der Waals surface area contributed by atoms with Gasteiger partial charge < -0.3 is 35.6 Å². The number of carbonyl (C=O) groups is 3. The third-order valence-electron chi connectivity index (χ3n) is 10.7. The number of fused-ring (bicyclic) bond motifs is 1. The number of carboxylic acid groups (broad SMARTS) is 1. The van der Waals surface area contributed by atoms with Crippen LogP contribution in [0.4, 0.5) is 21.0 Å². The van der Waals surface area contributed by atoms with Gasteiger partial charge in [0, 0.05) is 68.8 Å². The molecule has 2 unspecified atom stereocenters. The second kappa shape index (κ2) is 13.9. The number of anilines is 2. The highest BCUT2D eigenvalue weighted by Gasteiger charge is 2.44. The molecule has 2 aromatic carbocycles. The van der Waals surface area contributed by atoms with Crippen molar-refractivity contribution in [2.75, 3.05) is 63.5 Å². The standard InChI is InChI=1S/C35H48N6O5/c1-23-19-25(20-24(2)32(23)36)21-29(33(42)39-11-8-27(9-12-39)38-15-17-46-18-16-38)31-22-28(10-14-41(31)35(44)45)40-13-7-26-5-3-4-6-30(26)37-34(40)43/h3-6,19-20,27-29,31H,7-18,21-22,36H2,1-2H3,(H,37,43)(H,44,45)/t28?,29?,31-/m1/s1. The lowest BCUT2D eigenvalue weighted by molar-refractivity contribution is -0.140. The molecule has 11 nitrogen and oxygen atoms in total. The first-order valence-electron chi connectivity index (χ1n) is 16.8. The number of nitrogens with one attached hydrogen (secondary N) is 1. The molecule has 11 heteroatoms. The highest BCUT2D eigenvalue weighted by molar-refractivity contribution is 5.91. The Labute approximate surface area is 271 Å². The van der Waals surface area contributed by atoms with Crippen LogP contribution in [-0.2, 0) is 22.4 Å². The van der Waals surface area contributed by atoms with Gasteiger partial charge in [-0.3, -0.25) is 9.69 Å². The molecule has 4 aliphatic rings. The van der Waals surface area contributed by atoms with Gasteiger partial charge >= 0.3 is 12.1 Å². The molecule has 0 radical (unpaired) electrons. The molecule has 2 aromatic rings. The van der Waals surface area contributed by atoms with E-state index >= 15 is 0 Å². The van der Waals surface area contributed by atoms with Crippen molar-refractivity contribution in [3.05, 3.63) is 58.7 Å². The molecule has 4 aliphatic heterocycles. The van der Waals surface area contributed by atoms with Gasteiger partial charge in [0.2, 0.25) is 5.91 Å². The second-order valence-corrected chi connectivity index (χ2v) is 13.4. The maximum Gasteiger partial charge on any atom is 0.407 e. The Morgan fingerprint density at radius 1 is 0.978 bits per heavy atom. The fourth-order valence-corrected chi connectivity index (χ4v) is 8.07. The van der Waals surface area contributed by atoms with Gasteiger partial charge in [-0.25, -0.2) is 9.59 Å². The van der Waals surface area contributed by atoms with Crippen LogP contribution in [0.2, 0.25) is 0 Å². The number of para-hydroxylation sites is 1. The number of nitrogens with two attached hydrogens (primary N) is 1. The number of piperidine rings is 2. The van der Waals surface area contributed by atoms with E-state index in [9.17, 15) is 19.5 Å². The average Bonchev–Trinajstić information content (AvgIpc) is 3.24. The monoisotopic (exact) mass is 632 g/mol. The van der Waals surface area contributed by atoms with Crippen molar-refractivity contribution in [3.63, 3.8) is 0 Å². The summed E-state index contributed by atoms with van der Waals surface area (Å²) in [6.45, 7) is 9.37. The first kappa shape index (κ1) is 32.1. The smallest absolute Gasteiger partial charge is 0.407 e. The molecule has 3 fully saturated rings. The lowest BCUT2D eigenvalue weighted by Crippen LogP contribution is -2.59. The van der Waals surface area contributed by atoms with Gasteiger partial charge in [0.25, 0.3) is 0 Å². The van der Waals surface area contributed by atoms with E-state index in [1.165, 1.54) is 4.90 Å². The van der Waals surface area contributed by atoms with E-state index in [2.05, 4.69) is 10.2 Å². The van der Waals surface area contributed by atoms with Crippen LogP contribution in [0.15, 0.2) is 36.4 Å². The summed E-state index contributed by atoms with van der Waals surface area (Å²) in [5, 5.41) is 13.5. The van der Waals surface area contributed by atoms with Crippen molar-refractivity contribution in [1.82, 2.24) is 19.6 Å². The number of hydrogen-bond donors (Lipinski definition) is 3. The topological polar surface area (TPSA) is 132 Å². The first-order chi connectivity index (χ1) is 22.2. The number of likely N-dealkylation sites (tertiary alicyclic amines) is 2. The average molecular weight is 633 g/mol. The summed E-state index contributed by atoms with van der Waals surface area (Å²) in [6, 6.07) is 11.4. The van der Waals surface area contributed by atoms with Crippen LogP contribution in [0.25, 0.3) is 0 Å². The minimum Gasteiger partial charge on any atom is -0.465 e. The number of morpholine rings is 1. The number of carbonyl (C=O) groups excluding carboxylic acids is 2. The van der Waals surface area contributed by atoms with E-state index in [1.54, 1.807) is 0 Å². The number of rotatable bonds is 6. The molecule has 0 spiro atoms. The third-order valence-corrected chi connectivity index (χ3v) is 10.7. The van der Waals surface area contributed by atoms with E-state index < -0.39 is 18.1 Å². The largest absolute Gasteiger partial charge is 0.465 e. The number of benzene rings is 2. The summed E-state index contributed by atoms with van der Waals surface area (Å²) in [4.78, 5) is 48.6. The highest BCUT2D eigenvalue weighted by Crippen LogP contribution is 2.34. The number of ether oxygens (including phenoxy) is 1. The van der Waals surface area contributed by atoms with Gasteiger partial charge in [-0.05, 0) is 80.7 Å². The molecule has 0 bridgehead atoms. The minimum absolute atomic E-state index is 0.00261. The Morgan fingerprint density at radius 3 is 2.35 bits per heavy atom. The number of aryl methyl sites for hydroxylation is 2. The normalized spacial score (nSPS) is 23.8. The van der Waals surface area contributed by atoms with Gasteiger partial charge in [-0.2, -0.15) is 0 Å². The van der Waals surface area contributed by atoms with E-state index in [0.29, 0.717) is 51.4 Å². The van der Waals surface area contributed by atoms with Crippen LogP contribution in [0.1, 0.15) is 47.9 Å². The number of urea groups is 1. The minimum atomic E-state index is -1.02. The van der Waals surface area contributed by atoms with Crippen LogP contribution in [0.5, 0.6) is 0 Å². The highest BCUT2D eigenvalue weighted by atomic mass is 16.5. The first-order valence-corrected chi connectivity index (χ1v) is 16.8. The van der Waals surface area contributed by atoms with Crippen LogP contribution in [0, 0.1) is 19.8 Å². The zero-order valence-electron chi connectivity index (χ0n) is 27.1. The summed E-state index contributed by atoms with van der Waals surface area (Å²) in [6.07, 6.45) is 2.81. The van der Waals surface area contributed by atoms with Gasteiger partial charge in [-0.1, -0.05) is 30.3 Å². The molecule has 0 saturated carbocycles. The van der Waals surface area contributed by atoms with E-state index in [4.69, 9.17) is 10.5 Å². The summed E-state index contributed by atoms with van der Waals surface area (Å²) in [7, 11) is 0. The molecule has 46 heavy (non-hydrogen) atoms. The summed E-state index contributed by atoms with van der Waals surface area (Å²) < 4.78 is 5.55. The molecule has 3 atom stereocenters. The number of amides is 4. The molecule has 248 valence electrons. The van der Waals surface area contributed by atoms with Crippen molar-refractivity contribution in [2.45, 2.75) is 70.5 Å². The quantitative estimate of drug-likeness (QED) is 0.411. The van der Waals surface area contributed by atoms with Crippen molar-refractivity contribution in [2.24, 2.45) is 5.92 Å². The fraction of sp³-hybridized carbons (Fsp3) is 0.571. The maximum atomic E-state index is 14.6. The SMILES string of the molecule is Cc1cc(CC(C(=O)N2CCC(N3CCOCC3)CC2)[C@H]2CC(N3CCc4ccccc4NC3=O)CCN2C(=O)O)cc(C)c1N. The molecule has 4 heterocycles. The predicted octanol–water partition coefficient (Wildman–Crippen LogP) is 3.97. The maximum absolute atomic E-state index is 14.6. The Morgan fingerprint density at radius 2 is 1.65 bits per heavy atom. The Kier molecular flexibility index (Phi) is 9.70. The third kappa shape index (κ3) is 6.80. The number of nitrogens with zero attached hydrogens (tertiary/aromatic N) is 4. The molecular weight excluding hydrogens is 584 g/mol. The molecular formula is C35H48N6O5. The van der Waals surface area contributed by atoms with Crippen molar-refractivity contribution in [1.29, 1.82) is 0 Å².